The Hall–Kier alpha value is -1.32. The van der Waals surface area contributed by atoms with E-state index < -0.39 is 0 Å². The van der Waals surface area contributed by atoms with Crippen molar-refractivity contribution in [2.24, 2.45) is 0 Å². The Bertz CT molecular complexity index is 567. The lowest BCUT2D eigenvalue weighted by Crippen LogP contribution is -2.27. The second-order valence-corrected chi connectivity index (χ2v) is 5.27. The van der Waals surface area contributed by atoms with Crippen LogP contribution in [0.1, 0.15) is 19.3 Å². The molecule has 1 unspecified atom stereocenters. The third-order valence-electron chi connectivity index (χ3n) is 3.51. The van der Waals surface area contributed by atoms with Crippen LogP contribution >= 0.6 is 11.6 Å². The van der Waals surface area contributed by atoms with E-state index >= 15 is 0 Å². The molecule has 3 nitrogen and oxygen atoms in total. The Morgan fingerprint density at radius 1 is 1.32 bits per heavy atom. The number of nitrogens with one attached hydrogen (secondary N) is 1. The van der Waals surface area contributed by atoms with Crippen LogP contribution in [0.2, 0.25) is 5.02 Å². The molecule has 1 saturated heterocycles. The number of fused-ring (bicyclic) bond motifs is 1. The lowest BCUT2D eigenvalue weighted by Gasteiger charge is -2.23. The van der Waals surface area contributed by atoms with E-state index in [1.165, 1.54) is 12.8 Å². The van der Waals surface area contributed by atoms with Crippen LogP contribution in [0.5, 0.6) is 0 Å². The molecule has 0 saturated carbocycles. The molecule has 1 aliphatic rings. The molecule has 0 spiro atoms. The number of pyridine rings is 1. The highest BCUT2D eigenvalue weighted by atomic mass is 35.5. The van der Waals surface area contributed by atoms with Gasteiger partial charge in [0.1, 0.15) is 0 Å². The van der Waals surface area contributed by atoms with Crippen LogP contribution in [-0.2, 0) is 4.74 Å². The van der Waals surface area contributed by atoms with Gasteiger partial charge in [-0.05, 0) is 43.5 Å². The second-order valence-electron chi connectivity index (χ2n) is 4.86. The smallest absolute Gasteiger partial charge is 0.0948 e. The van der Waals surface area contributed by atoms with Crippen LogP contribution in [0.15, 0.2) is 30.5 Å². The lowest BCUT2D eigenvalue weighted by atomic mass is 10.1. The average molecular weight is 277 g/mol. The molecule has 1 fully saturated rings. The number of rotatable bonds is 3. The third-order valence-corrected chi connectivity index (χ3v) is 3.84. The van der Waals surface area contributed by atoms with Crippen molar-refractivity contribution < 1.29 is 4.74 Å². The van der Waals surface area contributed by atoms with Gasteiger partial charge in [0, 0.05) is 24.7 Å². The first-order valence-electron chi connectivity index (χ1n) is 6.73. The molecule has 19 heavy (non-hydrogen) atoms. The first-order valence-corrected chi connectivity index (χ1v) is 7.11. The first-order chi connectivity index (χ1) is 9.34. The summed E-state index contributed by atoms with van der Waals surface area (Å²) in [6.45, 7) is 1.71. The second kappa shape index (κ2) is 5.76. The van der Waals surface area contributed by atoms with E-state index in [0.717, 1.165) is 41.2 Å². The quantitative estimate of drug-likeness (QED) is 0.924. The molecule has 3 rings (SSSR count). The molecule has 2 heterocycles. The highest BCUT2D eigenvalue weighted by Crippen LogP contribution is 2.28. The number of nitrogens with zero attached hydrogens (tertiary/aromatic N) is 1. The Morgan fingerprint density at radius 2 is 2.26 bits per heavy atom. The summed E-state index contributed by atoms with van der Waals surface area (Å²) in [6.07, 6.45) is 5.67. The van der Waals surface area contributed by atoms with Crippen molar-refractivity contribution in [1.29, 1.82) is 0 Å². The number of halogens is 1. The number of aromatic nitrogens is 1. The largest absolute Gasteiger partial charge is 0.381 e. The maximum atomic E-state index is 6.19. The number of ether oxygens (including phenoxy) is 1. The number of anilines is 1. The summed E-state index contributed by atoms with van der Waals surface area (Å²) in [5, 5.41) is 5.16. The molecule has 1 aromatic carbocycles. The highest BCUT2D eigenvalue weighted by Gasteiger charge is 2.14. The minimum atomic E-state index is 0.309. The molecule has 1 N–H and O–H groups in total. The molecule has 0 amide bonds. The Kier molecular flexibility index (Phi) is 3.85. The van der Waals surface area contributed by atoms with Gasteiger partial charge in [-0.3, -0.25) is 4.98 Å². The van der Waals surface area contributed by atoms with Gasteiger partial charge in [0.25, 0.3) is 0 Å². The van der Waals surface area contributed by atoms with Gasteiger partial charge in [-0.25, -0.2) is 0 Å². The van der Waals surface area contributed by atoms with Crippen LogP contribution in [-0.4, -0.2) is 24.2 Å². The van der Waals surface area contributed by atoms with Crippen LogP contribution < -0.4 is 5.32 Å². The number of benzene rings is 1. The predicted octanol–water partition coefficient (Wildman–Crippen LogP) is 3.87. The fourth-order valence-corrected chi connectivity index (χ4v) is 2.69. The third kappa shape index (κ3) is 2.82. The molecule has 0 aliphatic carbocycles. The Morgan fingerprint density at radius 3 is 3.11 bits per heavy atom. The molecule has 4 heteroatoms. The zero-order valence-electron chi connectivity index (χ0n) is 10.7. The summed E-state index contributed by atoms with van der Waals surface area (Å²) in [4.78, 5) is 4.42. The van der Waals surface area contributed by atoms with E-state index in [9.17, 15) is 0 Å². The molecule has 0 radical (unpaired) electrons. The summed E-state index contributed by atoms with van der Waals surface area (Å²) in [7, 11) is 0. The SMILES string of the molecule is Clc1ccc(NCC2CCCCO2)c2ncccc12. The maximum Gasteiger partial charge on any atom is 0.0948 e. The standard InChI is InChI=1S/C15H17ClN2O/c16-13-6-7-14(15-12(13)5-3-8-17-15)18-10-11-4-1-2-9-19-11/h3,5-8,11,18H,1-2,4,9-10H2. The van der Waals surface area contributed by atoms with Crippen LogP contribution in [0.4, 0.5) is 5.69 Å². The fraction of sp³-hybridized carbons (Fsp3) is 0.400. The Labute approximate surface area is 117 Å². The summed E-state index contributed by atoms with van der Waals surface area (Å²) >= 11 is 6.19. The van der Waals surface area contributed by atoms with E-state index in [1.807, 2.05) is 24.3 Å². The van der Waals surface area contributed by atoms with Crippen molar-refractivity contribution in [3.05, 3.63) is 35.5 Å². The maximum absolute atomic E-state index is 6.19. The van der Waals surface area contributed by atoms with Crippen molar-refractivity contribution in [2.75, 3.05) is 18.5 Å². The molecule has 1 aromatic heterocycles. The zero-order valence-corrected chi connectivity index (χ0v) is 11.5. The van der Waals surface area contributed by atoms with Crippen LogP contribution in [0.3, 0.4) is 0 Å². The van der Waals surface area contributed by atoms with Crippen LogP contribution in [0.25, 0.3) is 10.9 Å². The Balaban J connectivity index is 1.79. The van der Waals surface area contributed by atoms with E-state index in [4.69, 9.17) is 16.3 Å². The first kappa shape index (κ1) is 12.7. The molecular weight excluding hydrogens is 260 g/mol. The normalized spacial score (nSPS) is 19.5. The van der Waals surface area contributed by atoms with Gasteiger partial charge in [0.05, 0.1) is 22.3 Å². The molecule has 0 bridgehead atoms. The van der Waals surface area contributed by atoms with Crippen molar-refractivity contribution in [2.45, 2.75) is 25.4 Å². The number of hydrogen-bond donors (Lipinski definition) is 1. The van der Waals surface area contributed by atoms with Crippen molar-refractivity contribution in [3.63, 3.8) is 0 Å². The van der Waals surface area contributed by atoms with Crippen LogP contribution in [0, 0.1) is 0 Å². The van der Waals surface area contributed by atoms with Gasteiger partial charge in [0.15, 0.2) is 0 Å². The minimum Gasteiger partial charge on any atom is -0.381 e. The van der Waals surface area contributed by atoms with E-state index in [1.54, 1.807) is 6.20 Å². The van der Waals surface area contributed by atoms with E-state index in [2.05, 4.69) is 10.3 Å². The molecule has 2 aromatic rings. The number of hydrogen-bond acceptors (Lipinski definition) is 3. The monoisotopic (exact) mass is 276 g/mol. The minimum absolute atomic E-state index is 0.309. The van der Waals surface area contributed by atoms with Crippen molar-refractivity contribution in [1.82, 2.24) is 4.98 Å². The van der Waals surface area contributed by atoms with E-state index in [-0.39, 0.29) is 0 Å². The fourth-order valence-electron chi connectivity index (χ4n) is 2.47. The average Bonchev–Trinajstić information content (AvgIpc) is 2.48. The van der Waals surface area contributed by atoms with Gasteiger partial charge in [-0.15, -0.1) is 0 Å². The summed E-state index contributed by atoms with van der Waals surface area (Å²) in [5.74, 6) is 0. The van der Waals surface area contributed by atoms with Crippen molar-refractivity contribution in [3.8, 4) is 0 Å². The van der Waals surface area contributed by atoms with E-state index in [0.29, 0.717) is 6.10 Å². The predicted molar refractivity (Wildman–Crippen MR) is 78.8 cm³/mol. The van der Waals surface area contributed by atoms with Gasteiger partial charge < -0.3 is 10.1 Å². The van der Waals surface area contributed by atoms with Gasteiger partial charge in [-0.1, -0.05) is 11.6 Å². The molecule has 1 aliphatic heterocycles. The van der Waals surface area contributed by atoms with Gasteiger partial charge >= 0.3 is 0 Å². The zero-order chi connectivity index (χ0) is 13.1. The molecular formula is C15H17ClN2O. The van der Waals surface area contributed by atoms with Gasteiger partial charge in [0.2, 0.25) is 0 Å². The lowest BCUT2D eigenvalue weighted by molar-refractivity contribution is 0.0248. The molecule has 100 valence electrons. The van der Waals surface area contributed by atoms with Gasteiger partial charge in [-0.2, -0.15) is 0 Å². The topological polar surface area (TPSA) is 34.1 Å². The summed E-state index contributed by atoms with van der Waals surface area (Å²) in [6, 6.07) is 7.80. The molecule has 1 atom stereocenters. The van der Waals surface area contributed by atoms with Crippen molar-refractivity contribution >= 4 is 28.2 Å². The summed E-state index contributed by atoms with van der Waals surface area (Å²) < 4.78 is 5.73. The summed E-state index contributed by atoms with van der Waals surface area (Å²) in [5.41, 5.74) is 1.94. The highest BCUT2D eigenvalue weighted by molar-refractivity contribution is 6.35.